The fourth-order valence-electron chi connectivity index (χ4n) is 4.44. The first kappa shape index (κ1) is 17.1. The van der Waals surface area contributed by atoms with Crippen LogP contribution in [0.1, 0.15) is 38.2 Å². The SMILES string of the molecule is CC1=NC2=C3OCC(c4ccccc4)CC3CC(C(=O)N(C)C)N2C1C. The van der Waals surface area contributed by atoms with Crippen molar-refractivity contribution in [1.82, 2.24) is 9.80 Å². The van der Waals surface area contributed by atoms with Crippen LogP contribution in [0.15, 0.2) is 46.9 Å². The average Bonchev–Trinajstić information content (AvgIpc) is 2.96. The minimum Gasteiger partial charge on any atom is -0.493 e. The van der Waals surface area contributed by atoms with Gasteiger partial charge in [-0.25, -0.2) is 4.99 Å². The Labute approximate surface area is 155 Å². The molecule has 4 unspecified atom stereocenters. The van der Waals surface area contributed by atoms with Crippen molar-refractivity contribution in [3.8, 4) is 0 Å². The van der Waals surface area contributed by atoms with Crippen LogP contribution >= 0.6 is 0 Å². The fraction of sp³-hybridized carbons (Fsp3) is 0.524. The van der Waals surface area contributed by atoms with Gasteiger partial charge in [0.05, 0.1) is 12.6 Å². The van der Waals surface area contributed by atoms with E-state index in [2.05, 4.69) is 36.1 Å². The molecule has 1 saturated heterocycles. The van der Waals surface area contributed by atoms with Gasteiger partial charge in [0.2, 0.25) is 5.91 Å². The van der Waals surface area contributed by atoms with Crippen molar-refractivity contribution >= 4 is 11.6 Å². The highest BCUT2D eigenvalue weighted by atomic mass is 16.5. The first-order valence-electron chi connectivity index (χ1n) is 9.44. The molecule has 1 aromatic carbocycles. The number of amides is 1. The zero-order valence-corrected chi connectivity index (χ0v) is 16.0. The molecule has 0 aliphatic carbocycles. The summed E-state index contributed by atoms with van der Waals surface area (Å²) in [5.74, 6) is 2.65. The summed E-state index contributed by atoms with van der Waals surface area (Å²) >= 11 is 0. The monoisotopic (exact) mass is 353 g/mol. The normalized spacial score (nSPS) is 30.3. The second-order valence-electron chi connectivity index (χ2n) is 7.86. The van der Waals surface area contributed by atoms with Crippen molar-refractivity contribution in [2.75, 3.05) is 20.7 Å². The van der Waals surface area contributed by atoms with Gasteiger partial charge in [0.15, 0.2) is 5.82 Å². The molecule has 1 amide bonds. The predicted octanol–water partition coefficient (Wildman–Crippen LogP) is 3.00. The molecule has 1 aromatic rings. The minimum absolute atomic E-state index is 0.141. The predicted molar refractivity (Wildman–Crippen MR) is 102 cm³/mol. The molecule has 5 heteroatoms. The van der Waals surface area contributed by atoms with E-state index in [-0.39, 0.29) is 23.9 Å². The van der Waals surface area contributed by atoms with E-state index in [4.69, 9.17) is 9.73 Å². The molecule has 138 valence electrons. The molecule has 3 aliphatic rings. The first-order chi connectivity index (χ1) is 12.5. The fourth-order valence-corrected chi connectivity index (χ4v) is 4.44. The molecule has 0 N–H and O–H groups in total. The van der Waals surface area contributed by atoms with Crippen LogP contribution in [0.3, 0.4) is 0 Å². The number of fused-ring (bicyclic) bond motifs is 2. The molecular weight excluding hydrogens is 326 g/mol. The Morgan fingerprint density at radius 3 is 2.62 bits per heavy atom. The Morgan fingerprint density at radius 1 is 1.19 bits per heavy atom. The van der Waals surface area contributed by atoms with E-state index < -0.39 is 0 Å². The molecule has 4 rings (SSSR count). The van der Waals surface area contributed by atoms with Gasteiger partial charge < -0.3 is 14.5 Å². The van der Waals surface area contributed by atoms with Crippen LogP contribution in [0, 0.1) is 5.92 Å². The van der Waals surface area contributed by atoms with Gasteiger partial charge in [-0.15, -0.1) is 0 Å². The number of hydrogen-bond donors (Lipinski definition) is 0. The molecular formula is C21H27N3O2. The summed E-state index contributed by atoms with van der Waals surface area (Å²) in [6, 6.07) is 10.5. The number of rotatable bonds is 2. The third kappa shape index (κ3) is 2.70. The Balaban J connectivity index is 1.68. The standard InChI is InChI=1S/C21H27N3O2/c1-13-14(2)24-18(21(25)23(3)4)11-16-10-17(15-8-6-5-7-9-15)12-26-19(16)20(24)22-13/h5-9,14,16-18H,10-12H2,1-4H3. The number of carbonyl (C=O) groups is 1. The molecule has 1 fully saturated rings. The highest BCUT2D eigenvalue weighted by Crippen LogP contribution is 2.45. The summed E-state index contributed by atoms with van der Waals surface area (Å²) < 4.78 is 6.25. The number of likely N-dealkylation sites (N-methyl/N-ethyl adjacent to an activating group) is 1. The van der Waals surface area contributed by atoms with Crippen LogP contribution in [-0.4, -0.2) is 54.2 Å². The van der Waals surface area contributed by atoms with Crippen LogP contribution in [0.25, 0.3) is 0 Å². The molecule has 0 bridgehead atoms. The lowest BCUT2D eigenvalue weighted by Crippen LogP contribution is -2.53. The summed E-state index contributed by atoms with van der Waals surface area (Å²) in [5.41, 5.74) is 2.37. The lowest BCUT2D eigenvalue weighted by Gasteiger charge is -2.44. The van der Waals surface area contributed by atoms with Crippen molar-refractivity contribution in [1.29, 1.82) is 0 Å². The molecule has 0 spiro atoms. The van der Waals surface area contributed by atoms with Gasteiger partial charge in [-0.05, 0) is 32.3 Å². The number of carbonyl (C=O) groups excluding carboxylic acids is 1. The summed E-state index contributed by atoms with van der Waals surface area (Å²) in [5, 5.41) is 0. The molecule has 0 aromatic heterocycles. The summed E-state index contributed by atoms with van der Waals surface area (Å²) in [7, 11) is 3.67. The zero-order chi connectivity index (χ0) is 18.4. The van der Waals surface area contributed by atoms with Crippen molar-refractivity contribution in [3.05, 3.63) is 47.5 Å². The third-order valence-corrected chi connectivity index (χ3v) is 5.99. The average molecular weight is 353 g/mol. The molecule has 3 heterocycles. The van der Waals surface area contributed by atoms with E-state index >= 15 is 0 Å². The van der Waals surface area contributed by atoms with Crippen LogP contribution < -0.4 is 0 Å². The van der Waals surface area contributed by atoms with Gasteiger partial charge >= 0.3 is 0 Å². The molecule has 0 radical (unpaired) electrons. The van der Waals surface area contributed by atoms with E-state index in [1.54, 1.807) is 4.90 Å². The Hall–Kier alpha value is -2.30. The lowest BCUT2D eigenvalue weighted by molar-refractivity contribution is -0.135. The van der Waals surface area contributed by atoms with Crippen LogP contribution in [-0.2, 0) is 9.53 Å². The maximum Gasteiger partial charge on any atom is 0.244 e. The molecule has 0 saturated carbocycles. The summed E-state index contributed by atoms with van der Waals surface area (Å²) in [6.07, 6.45) is 1.81. The first-order valence-corrected chi connectivity index (χ1v) is 9.44. The van der Waals surface area contributed by atoms with E-state index in [0.29, 0.717) is 12.5 Å². The highest BCUT2D eigenvalue weighted by Gasteiger charge is 2.47. The highest BCUT2D eigenvalue weighted by molar-refractivity contribution is 5.92. The number of ether oxygens (including phenoxy) is 1. The Kier molecular flexibility index (Phi) is 4.25. The molecule has 4 atom stereocenters. The number of benzene rings is 1. The van der Waals surface area contributed by atoms with E-state index in [9.17, 15) is 4.79 Å². The van der Waals surface area contributed by atoms with Gasteiger partial charge in [-0.2, -0.15) is 0 Å². The zero-order valence-electron chi connectivity index (χ0n) is 16.0. The van der Waals surface area contributed by atoms with Gasteiger partial charge in [0, 0.05) is 31.6 Å². The number of nitrogens with zero attached hydrogens (tertiary/aromatic N) is 3. The second kappa shape index (κ2) is 6.45. The van der Waals surface area contributed by atoms with E-state index in [1.807, 2.05) is 27.1 Å². The molecule has 3 aliphatic heterocycles. The van der Waals surface area contributed by atoms with Gasteiger partial charge in [0.1, 0.15) is 11.8 Å². The van der Waals surface area contributed by atoms with Crippen molar-refractivity contribution in [2.45, 2.75) is 44.7 Å². The van der Waals surface area contributed by atoms with E-state index in [1.165, 1.54) is 5.56 Å². The van der Waals surface area contributed by atoms with Crippen molar-refractivity contribution in [2.24, 2.45) is 10.9 Å². The van der Waals surface area contributed by atoms with Gasteiger partial charge in [-0.3, -0.25) is 4.79 Å². The topological polar surface area (TPSA) is 45.1 Å². The Bertz CT molecular complexity index is 769. The number of aliphatic imine (C=N–C) groups is 1. The second-order valence-corrected chi connectivity index (χ2v) is 7.86. The minimum atomic E-state index is -0.164. The van der Waals surface area contributed by atoms with Gasteiger partial charge in [0.25, 0.3) is 0 Å². The third-order valence-electron chi connectivity index (χ3n) is 5.99. The number of allylic oxidation sites excluding steroid dienone is 1. The van der Waals surface area contributed by atoms with Gasteiger partial charge in [-0.1, -0.05) is 30.3 Å². The Morgan fingerprint density at radius 2 is 1.92 bits per heavy atom. The quantitative estimate of drug-likeness (QED) is 0.821. The number of hydrogen-bond acceptors (Lipinski definition) is 4. The van der Waals surface area contributed by atoms with Crippen LogP contribution in [0.5, 0.6) is 0 Å². The van der Waals surface area contributed by atoms with Crippen molar-refractivity contribution < 1.29 is 9.53 Å². The van der Waals surface area contributed by atoms with Crippen molar-refractivity contribution in [3.63, 3.8) is 0 Å². The maximum atomic E-state index is 12.9. The largest absolute Gasteiger partial charge is 0.493 e. The lowest BCUT2D eigenvalue weighted by atomic mass is 9.80. The summed E-state index contributed by atoms with van der Waals surface area (Å²) in [6.45, 7) is 4.85. The summed E-state index contributed by atoms with van der Waals surface area (Å²) in [4.78, 5) is 21.6. The van der Waals surface area contributed by atoms with Crippen LogP contribution in [0.4, 0.5) is 0 Å². The van der Waals surface area contributed by atoms with Crippen LogP contribution in [0.2, 0.25) is 0 Å². The molecule has 5 nitrogen and oxygen atoms in total. The molecule has 26 heavy (non-hydrogen) atoms. The van der Waals surface area contributed by atoms with E-state index in [0.717, 1.165) is 30.1 Å². The smallest absolute Gasteiger partial charge is 0.244 e. The maximum absolute atomic E-state index is 12.9.